The molecule has 0 saturated carbocycles. The predicted molar refractivity (Wildman–Crippen MR) is 104 cm³/mol. The number of hydrazine groups is 1. The molecule has 1 unspecified atom stereocenters. The number of fused-ring (bicyclic) bond motifs is 1. The van der Waals surface area contributed by atoms with Crippen molar-refractivity contribution < 1.29 is 19.1 Å². The van der Waals surface area contributed by atoms with E-state index in [9.17, 15) is 14.4 Å². The van der Waals surface area contributed by atoms with Crippen molar-refractivity contribution in [3.8, 4) is 5.75 Å². The largest absolute Gasteiger partial charge is 0.495 e. The molecule has 0 radical (unpaired) electrons. The zero-order chi connectivity index (χ0) is 20.0. The average molecular weight is 377 g/mol. The maximum atomic E-state index is 13.3. The molecule has 7 nitrogen and oxygen atoms in total. The lowest BCUT2D eigenvalue weighted by Gasteiger charge is -2.26. The predicted octanol–water partition coefficient (Wildman–Crippen LogP) is 2.11. The molecule has 28 heavy (non-hydrogen) atoms. The summed E-state index contributed by atoms with van der Waals surface area (Å²) < 4.78 is 5.32. The topological polar surface area (TPSA) is 79.0 Å². The Morgan fingerprint density at radius 3 is 2.39 bits per heavy atom. The Bertz CT molecular complexity index is 1030. The van der Waals surface area contributed by atoms with Crippen LogP contribution in [0.1, 0.15) is 12.5 Å². The van der Waals surface area contributed by atoms with E-state index in [0.29, 0.717) is 17.1 Å². The number of rotatable bonds is 4. The first kappa shape index (κ1) is 17.8. The Balaban J connectivity index is 1.83. The van der Waals surface area contributed by atoms with Gasteiger partial charge in [-0.3, -0.25) is 24.8 Å². The second-order valence-corrected chi connectivity index (χ2v) is 6.72. The van der Waals surface area contributed by atoms with E-state index in [-0.39, 0.29) is 17.1 Å². The molecule has 1 atom stereocenters. The van der Waals surface area contributed by atoms with Crippen molar-refractivity contribution in [2.24, 2.45) is 0 Å². The van der Waals surface area contributed by atoms with Gasteiger partial charge < -0.3 is 4.74 Å². The molecular weight excluding hydrogens is 358 g/mol. The SMILES string of the molecule is COc1ccccc1N1C(=O)C2=C(C(C)=O)NN(c3ccc(C)cc3)C2C1=O. The highest BCUT2D eigenvalue weighted by Crippen LogP contribution is 2.39. The van der Waals surface area contributed by atoms with E-state index < -0.39 is 17.9 Å². The second kappa shape index (κ2) is 6.53. The summed E-state index contributed by atoms with van der Waals surface area (Å²) in [6, 6.07) is 13.4. The van der Waals surface area contributed by atoms with Gasteiger partial charge in [-0.1, -0.05) is 29.8 Å². The van der Waals surface area contributed by atoms with Crippen LogP contribution in [-0.4, -0.2) is 30.7 Å². The molecule has 2 aliphatic heterocycles. The summed E-state index contributed by atoms with van der Waals surface area (Å²) >= 11 is 0. The number of hydrogen-bond acceptors (Lipinski definition) is 6. The fraction of sp³-hybridized carbons (Fsp3) is 0.190. The van der Waals surface area contributed by atoms with Crippen LogP contribution < -0.4 is 20.1 Å². The van der Waals surface area contributed by atoms with Crippen molar-refractivity contribution in [2.45, 2.75) is 19.9 Å². The summed E-state index contributed by atoms with van der Waals surface area (Å²) in [5.41, 5.74) is 5.36. The van der Waals surface area contributed by atoms with E-state index in [4.69, 9.17) is 4.74 Å². The highest BCUT2D eigenvalue weighted by atomic mass is 16.5. The number of amides is 2. The Labute approximate surface area is 162 Å². The highest BCUT2D eigenvalue weighted by molar-refractivity contribution is 6.34. The average Bonchev–Trinajstić information content (AvgIpc) is 3.20. The molecule has 2 heterocycles. The number of imide groups is 1. The van der Waals surface area contributed by atoms with Crippen molar-refractivity contribution in [2.75, 3.05) is 17.0 Å². The number of anilines is 2. The number of allylic oxidation sites excluding steroid dienone is 1. The summed E-state index contributed by atoms with van der Waals surface area (Å²) in [5, 5.41) is 1.57. The minimum atomic E-state index is -0.918. The molecule has 142 valence electrons. The number of ketones is 1. The monoisotopic (exact) mass is 377 g/mol. The number of nitrogens with zero attached hydrogens (tertiary/aromatic N) is 2. The van der Waals surface area contributed by atoms with Gasteiger partial charge in [0.1, 0.15) is 11.4 Å². The second-order valence-electron chi connectivity index (χ2n) is 6.72. The van der Waals surface area contributed by atoms with Crippen molar-refractivity contribution in [1.82, 2.24) is 5.43 Å². The van der Waals surface area contributed by atoms with E-state index in [1.807, 2.05) is 31.2 Å². The van der Waals surface area contributed by atoms with E-state index >= 15 is 0 Å². The molecule has 2 aliphatic rings. The van der Waals surface area contributed by atoms with Gasteiger partial charge in [0.2, 0.25) is 0 Å². The van der Waals surface area contributed by atoms with Crippen molar-refractivity contribution >= 4 is 29.0 Å². The van der Waals surface area contributed by atoms with E-state index in [2.05, 4.69) is 5.43 Å². The molecule has 1 N–H and O–H groups in total. The van der Waals surface area contributed by atoms with Crippen LogP contribution in [0.5, 0.6) is 5.75 Å². The van der Waals surface area contributed by atoms with Gasteiger partial charge in [-0.2, -0.15) is 0 Å². The number of para-hydroxylation sites is 2. The number of benzene rings is 2. The first-order valence-corrected chi connectivity index (χ1v) is 8.83. The fourth-order valence-electron chi connectivity index (χ4n) is 3.54. The van der Waals surface area contributed by atoms with Gasteiger partial charge in [0, 0.05) is 6.92 Å². The zero-order valence-electron chi connectivity index (χ0n) is 15.7. The minimum absolute atomic E-state index is 0.140. The lowest BCUT2D eigenvalue weighted by atomic mass is 10.1. The van der Waals surface area contributed by atoms with Gasteiger partial charge in [-0.05, 0) is 31.2 Å². The van der Waals surface area contributed by atoms with E-state index in [1.165, 1.54) is 14.0 Å². The first-order valence-electron chi connectivity index (χ1n) is 8.83. The van der Waals surface area contributed by atoms with Crippen molar-refractivity contribution in [1.29, 1.82) is 0 Å². The lowest BCUT2D eigenvalue weighted by Crippen LogP contribution is -2.46. The highest BCUT2D eigenvalue weighted by Gasteiger charge is 2.54. The number of nitrogens with one attached hydrogen (secondary N) is 1. The number of carbonyl (C=O) groups excluding carboxylic acids is 3. The molecule has 0 spiro atoms. The standard InChI is InChI=1S/C21H19N3O4/c1-12-8-10-14(11-9-12)24-19-17(18(22-24)13(2)25)20(26)23(21(19)27)15-6-4-5-7-16(15)28-3/h4-11,19,22H,1-3H3. The third kappa shape index (κ3) is 2.55. The molecule has 1 saturated heterocycles. The Kier molecular flexibility index (Phi) is 4.15. The lowest BCUT2D eigenvalue weighted by molar-refractivity contribution is -0.121. The van der Waals surface area contributed by atoms with E-state index in [1.54, 1.807) is 29.3 Å². The third-order valence-corrected chi connectivity index (χ3v) is 4.91. The molecule has 2 aromatic carbocycles. The summed E-state index contributed by atoms with van der Waals surface area (Å²) in [5.74, 6) is -0.859. The van der Waals surface area contributed by atoms with Gasteiger partial charge in [0.25, 0.3) is 11.8 Å². The molecule has 2 amide bonds. The Morgan fingerprint density at radius 1 is 1.07 bits per heavy atom. The van der Waals surface area contributed by atoms with Crippen LogP contribution in [0.15, 0.2) is 59.8 Å². The van der Waals surface area contributed by atoms with E-state index in [0.717, 1.165) is 10.5 Å². The number of ether oxygens (including phenoxy) is 1. The number of carbonyl (C=O) groups is 3. The van der Waals surface area contributed by atoms with Crippen molar-refractivity contribution in [3.05, 3.63) is 65.4 Å². The number of Topliss-reactive ketones (excluding diaryl/α,β-unsaturated/α-hetero) is 1. The van der Waals surface area contributed by atoms with Crippen LogP contribution in [0, 0.1) is 6.92 Å². The normalized spacial score (nSPS) is 18.5. The fourth-order valence-corrected chi connectivity index (χ4v) is 3.54. The Morgan fingerprint density at radius 2 is 1.75 bits per heavy atom. The molecule has 4 rings (SSSR count). The minimum Gasteiger partial charge on any atom is -0.495 e. The van der Waals surface area contributed by atoms with Gasteiger partial charge in [0.15, 0.2) is 11.8 Å². The van der Waals surface area contributed by atoms with Crippen LogP contribution in [0.25, 0.3) is 0 Å². The molecule has 0 aromatic heterocycles. The van der Waals surface area contributed by atoms with Gasteiger partial charge in [-0.15, -0.1) is 0 Å². The number of hydrogen-bond donors (Lipinski definition) is 1. The van der Waals surface area contributed by atoms with Crippen molar-refractivity contribution in [3.63, 3.8) is 0 Å². The van der Waals surface area contributed by atoms with Gasteiger partial charge in [0.05, 0.1) is 24.1 Å². The van der Waals surface area contributed by atoms with Crippen LogP contribution in [0.4, 0.5) is 11.4 Å². The quantitative estimate of drug-likeness (QED) is 0.823. The molecule has 7 heteroatoms. The Hall–Kier alpha value is -3.61. The van der Waals surface area contributed by atoms with Crippen LogP contribution in [0.3, 0.4) is 0 Å². The maximum absolute atomic E-state index is 13.3. The smallest absolute Gasteiger partial charge is 0.266 e. The summed E-state index contributed by atoms with van der Waals surface area (Å²) in [6.07, 6.45) is 0. The van der Waals surface area contributed by atoms with Gasteiger partial charge >= 0.3 is 0 Å². The summed E-state index contributed by atoms with van der Waals surface area (Å²) in [7, 11) is 1.48. The van der Waals surface area contributed by atoms with Gasteiger partial charge in [-0.25, -0.2) is 4.90 Å². The molecule has 1 fully saturated rings. The van der Waals surface area contributed by atoms with Crippen LogP contribution in [-0.2, 0) is 14.4 Å². The third-order valence-electron chi connectivity index (χ3n) is 4.91. The van der Waals surface area contributed by atoms with Crippen LogP contribution in [0.2, 0.25) is 0 Å². The molecule has 0 bridgehead atoms. The zero-order valence-corrected chi connectivity index (χ0v) is 15.7. The number of methoxy groups -OCH3 is 1. The maximum Gasteiger partial charge on any atom is 0.266 e. The molecule has 0 aliphatic carbocycles. The molecule has 2 aromatic rings. The first-order chi connectivity index (χ1) is 13.4. The van der Waals surface area contributed by atoms with Crippen LogP contribution >= 0.6 is 0 Å². The summed E-state index contributed by atoms with van der Waals surface area (Å²) in [6.45, 7) is 3.33. The molecular formula is C21H19N3O4. The number of aryl methyl sites for hydroxylation is 1. The summed E-state index contributed by atoms with van der Waals surface area (Å²) in [4.78, 5) is 39.8.